The molecular weight excluding hydrogens is 292 g/mol. The SMILES string of the molecule is O=C(O)C1CCC1C(=O)NCC1(c2ccc(F)cc2F)CC1. The summed E-state index contributed by atoms with van der Waals surface area (Å²) in [5.41, 5.74) is -0.0618. The Labute approximate surface area is 126 Å². The summed E-state index contributed by atoms with van der Waals surface area (Å²) in [5.74, 6) is -3.56. The van der Waals surface area contributed by atoms with Crippen LogP contribution in [-0.4, -0.2) is 23.5 Å². The van der Waals surface area contributed by atoms with Gasteiger partial charge in [-0.2, -0.15) is 0 Å². The molecule has 2 aliphatic rings. The molecule has 2 atom stereocenters. The average molecular weight is 309 g/mol. The first-order valence-corrected chi connectivity index (χ1v) is 7.39. The average Bonchev–Trinajstić information content (AvgIpc) is 3.15. The van der Waals surface area contributed by atoms with E-state index in [9.17, 15) is 18.4 Å². The maximum atomic E-state index is 13.9. The van der Waals surface area contributed by atoms with Crippen LogP contribution in [0.25, 0.3) is 0 Å². The first-order chi connectivity index (χ1) is 10.4. The molecule has 0 radical (unpaired) electrons. The largest absolute Gasteiger partial charge is 0.481 e. The fraction of sp³-hybridized carbons (Fsp3) is 0.500. The van der Waals surface area contributed by atoms with Gasteiger partial charge in [0.1, 0.15) is 11.6 Å². The number of aliphatic carboxylic acids is 1. The molecule has 2 unspecified atom stereocenters. The summed E-state index contributed by atoms with van der Waals surface area (Å²) in [4.78, 5) is 23.0. The second-order valence-electron chi connectivity index (χ2n) is 6.25. The smallest absolute Gasteiger partial charge is 0.307 e. The second kappa shape index (κ2) is 5.34. The minimum Gasteiger partial charge on any atom is -0.481 e. The van der Waals surface area contributed by atoms with Gasteiger partial charge >= 0.3 is 5.97 Å². The van der Waals surface area contributed by atoms with Gasteiger partial charge in [-0.3, -0.25) is 9.59 Å². The first kappa shape index (κ1) is 14.9. The molecule has 1 aromatic rings. The third kappa shape index (κ3) is 2.58. The molecule has 0 aromatic heterocycles. The van der Waals surface area contributed by atoms with Crippen LogP contribution in [0, 0.1) is 23.5 Å². The van der Waals surface area contributed by atoms with Crippen molar-refractivity contribution in [3.05, 3.63) is 35.4 Å². The normalized spacial score (nSPS) is 25.2. The molecule has 6 heteroatoms. The molecule has 0 aliphatic heterocycles. The van der Waals surface area contributed by atoms with Crippen LogP contribution >= 0.6 is 0 Å². The number of hydrogen-bond acceptors (Lipinski definition) is 2. The summed E-state index contributed by atoms with van der Waals surface area (Å²) in [5, 5.41) is 11.7. The number of amides is 1. The number of halogens is 2. The van der Waals surface area contributed by atoms with Gasteiger partial charge in [0, 0.05) is 18.0 Å². The van der Waals surface area contributed by atoms with Crippen LogP contribution in [0.3, 0.4) is 0 Å². The highest BCUT2D eigenvalue weighted by Gasteiger charge is 2.47. The van der Waals surface area contributed by atoms with Crippen LogP contribution in [0.15, 0.2) is 18.2 Å². The van der Waals surface area contributed by atoms with Crippen LogP contribution in [0.4, 0.5) is 8.78 Å². The highest BCUT2D eigenvalue weighted by atomic mass is 19.1. The van der Waals surface area contributed by atoms with Crippen LogP contribution < -0.4 is 5.32 Å². The Bertz CT molecular complexity index is 628. The summed E-state index contributed by atoms with van der Waals surface area (Å²) in [6.07, 6.45) is 2.54. The fourth-order valence-corrected chi connectivity index (χ4v) is 3.11. The number of carboxylic acids is 1. The third-order valence-corrected chi connectivity index (χ3v) is 4.89. The number of carboxylic acid groups (broad SMARTS) is 1. The predicted molar refractivity (Wildman–Crippen MR) is 74.1 cm³/mol. The van der Waals surface area contributed by atoms with E-state index < -0.39 is 34.9 Å². The number of hydrogen-bond donors (Lipinski definition) is 2. The Hall–Kier alpha value is -1.98. The lowest BCUT2D eigenvalue weighted by molar-refractivity contribution is -0.152. The number of nitrogens with one attached hydrogen (secondary N) is 1. The van der Waals surface area contributed by atoms with Crippen LogP contribution in [0.1, 0.15) is 31.2 Å². The van der Waals surface area contributed by atoms with E-state index in [-0.39, 0.29) is 12.5 Å². The Balaban J connectivity index is 1.64. The van der Waals surface area contributed by atoms with E-state index in [0.717, 1.165) is 18.9 Å². The van der Waals surface area contributed by atoms with Crippen molar-refractivity contribution < 1.29 is 23.5 Å². The summed E-state index contributed by atoms with van der Waals surface area (Å²) in [6.45, 7) is 0.261. The van der Waals surface area contributed by atoms with Gasteiger partial charge in [-0.25, -0.2) is 8.78 Å². The Morgan fingerprint density at radius 2 is 1.91 bits per heavy atom. The van der Waals surface area contributed by atoms with Crippen LogP contribution in [0.2, 0.25) is 0 Å². The third-order valence-electron chi connectivity index (χ3n) is 4.89. The molecule has 1 amide bonds. The van der Waals surface area contributed by atoms with Crippen molar-refractivity contribution in [2.45, 2.75) is 31.1 Å². The molecule has 0 saturated heterocycles. The van der Waals surface area contributed by atoms with Crippen molar-refractivity contribution in [2.24, 2.45) is 11.8 Å². The highest BCUT2D eigenvalue weighted by Crippen LogP contribution is 2.48. The fourth-order valence-electron chi connectivity index (χ4n) is 3.11. The maximum Gasteiger partial charge on any atom is 0.307 e. The molecule has 2 fully saturated rings. The van der Waals surface area contributed by atoms with E-state index in [1.165, 1.54) is 12.1 Å². The van der Waals surface area contributed by atoms with Gasteiger partial charge < -0.3 is 10.4 Å². The number of benzene rings is 1. The molecule has 22 heavy (non-hydrogen) atoms. The number of rotatable bonds is 5. The van der Waals surface area contributed by atoms with Gasteiger partial charge in [-0.1, -0.05) is 6.07 Å². The lowest BCUT2D eigenvalue weighted by atomic mass is 9.73. The Morgan fingerprint density at radius 3 is 2.41 bits per heavy atom. The monoisotopic (exact) mass is 309 g/mol. The maximum absolute atomic E-state index is 13.9. The van der Waals surface area contributed by atoms with Gasteiger partial charge in [0.05, 0.1) is 11.8 Å². The Kier molecular flexibility index (Phi) is 3.62. The summed E-state index contributed by atoms with van der Waals surface area (Å²) in [7, 11) is 0. The van der Waals surface area contributed by atoms with Crippen molar-refractivity contribution in [3.63, 3.8) is 0 Å². The summed E-state index contributed by atoms with van der Waals surface area (Å²) >= 11 is 0. The molecule has 0 spiro atoms. The molecule has 3 rings (SSSR count). The highest BCUT2D eigenvalue weighted by molar-refractivity contribution is 5.86. The lowest BCUT2D eigenvalue weighted by Gasteiger charge is -2.32. The van der Waals surface area contributed by atoms with Gasteiger partial charge in [0.2, 0.25) is 5.91 Å². The lowest BCUT2D eigenvalue weighted by Crippen LogP contribution is -2.45. The van der Waals surface area contributed by atoms with Gasteiger partial charge in [0.25, 0.3) is 0 Å². The Morgan fingerprint density at radius 1 is 1.23 bits per heavy atom. The molecule has 0 heterocycles. The van der Waals surface area contributed by atoms with Gasteiger partial charge in [-0.15, -0.1) is 0 Å². The number of carbonyl (C=O) groups excluding carboxylic acids is 1. The molecule has 0 bridgehead atoms. The van der Waals surface area contributed by atoms with Gasteiger partial charge in [-0.05, 0) is 37.3 Å². The zero-order valence-corrected chi connectivity index (χ0v) is 11.9. The van der Waals surface area contributed by atoms with Crippen molar-refractivity contribution >= 4 is 11.9 Å². The topological polar surface area (TPSA) is 66.4 Å². The molecule has 2 N–H and O–H groups in total. The molecule has 118 valence electrons. The van der Waals surface area contributed by atoms with Crippen LogP contribution in [0.5, 0.6) is 0 Å². The van der Waals surface area contributed by atoms with Crippen molar-refractivity contribution in [2.75, 3.05) is 6.54 Å². The summed E-state index contributed by atoms with van der Waals surface area (Å²) in [6, 6.07) is 3.49. The number of carbonyl (C=O) groups is 2. The minimum absolute atomic E-state index is 0.261. The molecule has 2 aliphatic carbocycles. The minimum atomic E-state index is -0.947. The second-order valence-corrected chi connectivity index (χ2v) is 6.25. The van der Waals surface area contributed by atoms with E-state index in [2.05, 4.69) is 5.32 Å². The molecule has 4 nitrogen and oxygen atoms in total. The quantitative estimate of drug-likeness (QED) is 0.876. The predicted octanol–water partition coefficient (Wildman–Crippen LogP) is 2.22. The summed E-state index contributed by atoms with van der Waals surface area (Å²) < 4.78 is 26.9. The van der Waals surface area contributed by atoms with E-state index in [1.54, 1.807) is 0 Å². The van der Waals surface area contributed by atoms with E-state index in [1.807, 2.05) is 0 Å². The van der Waals surface area contributed by atoms with Crippen molar-refractivity contribution in [3.8, 4) is 0 Å². The van der Waals surface area contributed by atoms with E-state index >= 15 is 0 Å². The van der Waals surface area contributed by atoms with Crippen LogP contribution in [-0.2, 0) is 15.0 Å². The molecular formula is C16H17F2NO3. The van der Waals surface area contributed by atoms with Crippen molar-refractivity contribution in [1.82, 2.24) is 5.32 Å². The molecule has 2 saturated carbocycles. The molecule has 1 aromatic carbocycles. The van der Waals surface area contributed by atoms with Gasteiger partial charge in [0.15, 0.2) is 0 Å². The van der Waals surface area contributed by atoms with E-state index in [0.29, 0.717) is 18.4 Å². The zero-order chi connectivity index (χ0) is 15.9. The first-order valence-electron chi connectivity index (χ1n) is 7.39. The van der Waals surface area contributed by atoms with Crippen molar-refractivity contribution in [1.29, 1.82) is 0 Å². The van der Waals surface area contributed by atoms with E-state index in [4.69, 9.17) is 5.11 Å². The standard InChI is InChI=1S/C16H17F2NO3/c17-9-1-4-12(13(18)7-9)16(5-6-16)8-19-14(20)10-2-3-11(10)15(21)22/h1,4,7,10-11H,2-3,5-6,8H2,(H,19,20)(H,21,22). The zero-order valence-electron chi connectivity index (χ0n) is 11.9.